The van der Waals surface area contributed by atoms with E-state index in [9.17, 15) is 0 Å². The molecule has 0 radical (unpaired) electrons. The number of halogens is 1. The zero-order valence-electron chi connectivity index (χ0n) is 12.3. The number of benzene rings is 1. The van der Waals surface area contributed by atoms with Crippen molar-refractivity contribution in [2.45, 2.75) is 65.7 Å². The molecule has 0 amide bonds. The Morgan fingerprint density at radius 3 is 2.17 bits per heavy atom. The van der Waals surface area contributed by atoms with E-state index in [4.69, 9.17) is 0 Å². The maximum absolute atomic E-state index is 3.52. The molecule has 1 heteroatoms. The number of unbranched alkanes of at least 4 members (excludes halogenated alkanes) is 1. The molecule has 0 aliphatic rings. The molecule has 1 aromatic rings. The molecular formula is C17H27Br. The molecule has 0 fully saturated rings. The van der Waals surface area contributed by atoms with Gasteiger partial charge in [-0.1, -0.05) is 75.0 Å². The Morgan fingerprint density at radius 1 is 1.06 bits per heavy atom. The molecule has 2 atom stereocenters. The van der Waals surface area contributed by atoms with Crippen molar-refractivity contribution in [2.24, 2.45) is 5.41 Å². The average Bonchev–Trinajstić information content (AvgIpc) is 2.37. The Morgan fingerprint density at radius 2 is 1.67 bits per heavy atom. The molecule has 0 aliphatic heterocycles. The first-order valence-corrected chi connectivity index (χ1v) is 8.08. The summed E-state index contributed by atoms with van der Waals surface area (Å²) in [4.78, 5) is 0. The lowest BCUT2D eigenvalue weighted by Crippen LogP contribution is -2.24. The summed E-state index contributed by atoms with van der Waals surface area (Å²) >= 11 is 3.52. The van der Waals surface area contributed by atoms with Gasteiger partial charge < -0.3 is 0 Å². The number of hydrogen-bond acceptors (Lipinski definition) is 0. The topological polar surface area (TPSA) is 0 Å². The van der Waals surface area contributed by atoms with Gasteiger partial charge in [-0.2, -0.15) is 0 Å². The molecule has 1 unspecified atom stereocenters. The van der Waals surface area contributed by atoms with E-state index in [1.807, 2.05) is 0 Å². The summed E-state index contributed by atoms with van der Waals surface area (Å²) in [5.74, 6) is 0.636. The Labute approximate surface area is 121 Å². The first-order chi connectivity index (χ1) is 8.53. The van der Waals surface area contributed by atoms with Gasteiger partial charge in [-0.05, 0) is 41.9 Å². The molecule has 0 saturated heterocycles. The molecule has 0 N–H and O–H groups in total. The maximum Gasteiger partial charge on any atom is 0.0175 e. The average molecular weight is 311 g/mol. The van der Waals surface area contributed by atoms with Gasteiger partial charge in [0, 0.05) is 4.47 Å². The second kappa shape index (κ2) is 7.33. The van der Waals surface area contributed by atoms with E-state index in [0.29, 0.717) is 11.3 Å². The first-order valence-electron chi connectivity index (χ1n) is 7.29. The van der Waals surface area contributed by atoms with E-state index < -0.39 is 0 Å². The zero-order valence-corrected chi connectivity index (χ0v) is 13.9. The molecule has 0 bridgehead atoms. The second-order valence-electron chi connectivity index (χ2n) is 5.78. The highest BCUT2D eigenvalue weighted by Crippen LogP contribution is 2.43. The van der Waals surface area contributed by atoms with Crippen LogP contribution >= 0.6 is 15.9 Å². The normalized spacial score (nSPS) is 16.3. The fraction of sp³-hybridized carbons (Fsp3) is 0.647. The van der Waals surface area contributed by atoms with Crippen molar-refractivity contribution >= 4 is 15.9 Å². The standard InChI is InChI=1S/C17H27Br/c1-5-7-13-17(4,12-6-2)14(3)15-8-10-16(18)11-9-15/h8-11,14H,5-7,12-13H2,1-4H3/t14-,17?/m0/s1. The van der Waals surface area contributed by atoms with Crippen LogP contribution in [0.2, 0.25) is 0 Å². The third kappa shape index (κ3) is 4.12. The molecule has 0 nitrogen and oxygen atoms in total. The number of hydrogen-bond donors (Lipinski definition) is 0. The molecule has 0 aromatic heterocycles. The second-order valence-corrected chi connectivity index (χ2v) is 6.70. The van der Waals surface area contributed by atoms with Crippen LogP contribution in [0.1, 0.15) is 71.3 Å². The van der Waals surface area contributed by atoms with Gasteiger partial charge in [-0.25, -0.2) is 0 Å². The third-order valence-corrected chi connectivity index (χ3v) is 4.87. The Kier molecular flexibility index (Phi) is 6.42. The van der Waals surface area contributed by atoms with Gasteiger partial charge in [0.25, 0.3) is 0 Å². The predicted molar refractivity (Wildman–Crippen MR) is 85.1 cm³/mol. The van der Waals surface area contributed by atoms with E-state index >= 15 is 0 Å². The predicted octanol–water partition coefficient (Wildman–Crippen LogP) is 6.55. The van der Waals surface area contributed by atoms with Crippen LogP contribution in [-0.2, 0) is 0 Å². The molecule has 1 rings (SSSR count). The Bertz CT molecular complexity index is 341. The monoisotopic (exact) mass is 310 g/mol. The minimum atomic E-state index is 0.443. The van der Waals surface area contributed by atoms with Crippen molar-refractivity contribution in [3.05, 3.63) is 34.3 Å². The van der Waals surface area contributed by atoms with Gasteiger partial charge in [-0.15, -0.1) is 0 Å². The quantitative estimate of drug-likeness (QED) is 0.535. The smallest absolute Gasteiger partial charge is 0.0175 e. The maximum atomic E-state index is 3.52. The van der Waals surface area contributed by atoms with Crippen LogP contribution < -0.4 is 0 Å². The molecule has 102 valence electrons. The minimum absolute atomic E-state index is 0.443. The molecule has 0 saturated carbocycles. The Hall–Kier alpha value is -0.300. The largest absolute Gasteiger partial charge is 0.0654 e. The van der Waals surface area contributed by atoms with Gasteiger partial charge >= 0.3 is 0 Å². The van der Waals surface area contributed by atoms with Crippen molar-refractivity contribution < 1.29 is 0 Å². The van der Waals surface area contributed by atoms with Gasteiger partial charge in [0.1, 0.15) is 0 Å². The SMILES string of the molecule is CCCCC(C)(CCC)[C@@H](C)c1ccc(Br)cc1. The summed E-state index contributed by atoms with van der Waals surface area (Å²) in [5, 5.41) is 0. The van der Waals surface area contributed by atoms with Gasteiger partial charge in [0.2, 0.25) is 0 Å². The van der Waals surface area contributed by atoms with Crippen LogP contribution in [0, 0.1) is 5.41 Å². The zero-order chi connectivity index (χ0) is 13.6. The molecule has 0 heterocycles. The van der Waals surface area contributed by atoms with E-state index in [2.05, 4.69) is 67.9 Å². The van der Waals surface area contributed by atoms with E-state index in [1.54, 1.807) is 0 Å². The summed E-state index contributed by atoms with van der Waals surface area (Å²) in [6.45, 7) is 9.46. The van der Waals surface area contributed by atoms with Crippen molar-refractivity contribution in [2.75, 3.05) is 0 Å². The summed E-state index contributed by atoms with van der Waals surface area (Å²) < 4.78 is 1.17. The molecular weight excluding hydrogens is 284 g/mol. The van der Waals surface area contributed by atoms with Crippen LogP contribution in [0.5, 0.6) is 0 Å². The highest BCUT2D eigenvalue weighted by atomic mass is 79.9. The Balaban J connectivity index is 2.87. The lowest BCUT2D eigenvalue weighted by Gasteiger charge is -2.36. The fourth-order valence-corrected chi connectivity index (χ4v) is 3.13. The van der Waals surface area contributed by atoms with Crippen LogP contribution in [0.15, 0.2) is 28.7 Å². The van der Waals surface area contributed by atoms with Gasteiger partial charge in [-0.3, -0.25) is 0 Å². The van der Waals surface area contributed by atoms with Crippen LogP contribution in [0.4, 0.5) is 0 Å². The van der Waals surface area contributed by atoms with Crippen molar-refractivity contribution in [3.63, 3.8) is 0 Å². The van der Waals surface area contributed by atoms with E-state index in [1.165, 1.54) is 42.1 Å². The number of rotatable bonds is 7. The summed E-state index contributed by atoms with van der Waals surface area (Å²) in [5.41, 5.74) is 1.92. The highest BCUT2D eigenvalue weighted by molar-refractivity contribution is 9.10. The van der Waals surface area contributed by atoms with Crippen LogP contribution in [0.25, 0.3) is 0 Å². The van der Waals surface area contributed by atoms with Crippen LogP contribution in [-0.4, -0.2) is 0 Å². The molecule has 18 heavy (non-hydrogen) atoms. The third-order valence-electron chi connectivity index (χ3n) is 4.34. The fourth-order valence-electron chi connectivity index (χ4n) is 2.86. The van der Waals surface area contributed by atoms with Gasteiger partial charge in [0.05, 0.1) is 0 Å². The van der Waals surface area contributed by atoms with E-state index in [0.717, 1.165) is 0 Å². The van der Waals surface area contributed by atoms with Gasteiger partial charge in [0.15, 0.2) is 0 Å². The molecule has 1 aromatic carbocycles. The van der Waals surface area contributed by atoms with Crippen molar-refractivity contribution in [1.82, 2.24) is 0 Å². The minimum Gasteiger partial charge on any atom is -0.0654 e. The molecule has 0 spiro atoms. The van der Waals surface area contributed by atoms with Crippen molar-refractivity contribution in [1.29, 1.82) is 0 Å². The van der Waals surface area contributed by atoms with Crippen LogP contribution in [0.3, 0.4) is 0 Å². The summed E-state index contributed by atoms with van der Waals surface area (Å²) in [6.07, 6.45) is 6.59. The molecule has 0 aliphatic carbocycles. The summed E-state index contributed by atoms with van der Waals surface area (Å²) in [7, 11) is 0. The highest BCUT2D eigenvalue weighted by Gasteiger charge is 2.30. The lowest BCUT2D eigenvalue weighted by molar-refractivity contribution is 0.213. The summed E-state index contributed by atoms with van der Waals surface area (Å²) in [6, 6.07) is 8.87. The lowest BCUT2D eigenvalue weighted by atomic mass is 9.69. The first kappa shape index (κ1) is 15.8. The van der Waals surface area contributed by atoms with Crippen molar-refractivity contribution in [3.8, 4) is 0 Å². The van der Waals surface area contributed by atoms with E-state index in [-0.39, 0.29) is 0 Å².